The molecular weight excluding hydrogens is 341 g/mol. The van der Waals surface area contributed by atoms with Crippen molar-refractivity contribution in [2.75, 3.05) is 0 Å². The Hall–Kier alpha value is -1.83. The van der Waals surface area contributed by atoms with Gasteiger partial charge in [0.2, 0.25) is 0 Å². The van der Waals surface area contributed by atoms with Crippen molar-refractivity contribution in [2.24, 2.45) is 7.05 Å². The van der Waals surface area contributed by atoms with Crippen LogP contribution < -0.4 is 11.2 Å². The maximum absolute atomic E-state index is 11.7. The van der Waals surface area contributed by atoms with Crippen molar-refractivity contribution in [1.29, 1.82) is 0 Å². The van der Waals surface area contributed by atoms with Gasteiger partial charge in [0.05, 0.1) is 10.0 Å². The van der Waals surface area contributed by atoms with E-state index in [1.165, 1.54) is 19.2 Å². The van der Waals surface area contributed by atoms with Crippen molar-refractivity contribution >= 4 is 46.0 Å². The van der Waals surface area contributed by atoms with Crippen LogP contribution in [0.25, 0.3) is 16.9 Å². The summed E-state index contributed by atoms with van der Waals surface area (Å²) in [6, 6.07) is 2.95. The second-order valence-electron chi connectivity index (χ2n) is 4.20. The number of aromatic amines is 1. The fraction of sp³-hybridized carbons (Fsp3) is 0.0909. The van der Waals surface area contributed by atoms with E-state index in [0.29, 0.717) is 5.02 Å². The minimum atomic E-state index is -0.638. The molecule has 1 aromatic carbocycles. The van der Waals surface area contributed by atoms with E-state index in [-0.39, 0.29) is 26.9 Å². The molecule has 10 heteroatoms. The van der Waals surface area contributed by atoms with Crippen LogP contribution in [0.5, 0.6) is 0 Å². The summed E-state index contributed by atoms with van der Waals surface area (Å²) in [6.45, 7) is 0. The average molecular weight is 347 g/mol. The molecule has 0 fully saturated rings. The van der Waals surface area contributed by atoms with Crippen LogP contribution in [0.4, 0.5) is 0 Å². The number of aromatic nitrogens is 5. The summed E-state index contributed by atoms with van der Waals surface area (Å²) in [5, 5.41) is 8.91. The first kappa shape index (κ1) is 14.1. The maximum Gasteiger partial charge on any atom is 0.329 e. The number of nitrogens with one attached hydrogen (secondary N) is 1. The lowest BCUT2D eigenvalue weighted by atomic mass is 10.3. The molecule has 3 aromatic rings. The normalized spacial score (nSPS) is 11.2. The Morgan fingerprint density at radius 3 is 2.33 bits per heavy atom. The van der Waals surface area contributed by atoms with E-state index in [0.717, 1.165) is 9.36 Å². The highest BCUT2D eigenvalue weighted by Crippen LogP contribution is 2.31. The predicted octanol–water partition coefficient (Wildman–Crippen LogP) is 1.77. The fourth-order valence-electron chi connectivity index (χ4n) is 1.83. The van der Waals surface area contributed by atoms with Gasteiger partial charge in [0.25, 0.3) is 5.56 Å². The van der Waals surface area contributed by atoms with Gasteiger partial charge < -0.3 is 0 Å². The van der Waals surface area contributed by atoms with Crippen molar-refractivity contribution in [1.82, 2.24) is 24.5 Å². The number of halogens is 3. The molecule has 0 radical (unpaired) electrons. The lowest BCUT2D eigenvalue weighted by molar-refractivity contribution is 0.751. The van der Waals surface area contributed by atoms with Gasteiger partial charge in [-0.05, 0) is 12.1 Å². The molecule has 7 nitrogen and oxygen atoms in total. The number of hydrogen-bond acceptors (Lipinski definition) is 4. The Bertz CT molecular complexity index is 965. The number of benzene rings is 1. The lowest BCUT2D eigenvalue weighted by Gasteiger charge is -2.05. The van der Waals surface area contributed by atoms with Gasteiger partial charge in [-0.3, -0.25) is 14.3 Å². The van der Waals surface area contributed by atoms with Gasteiger partial charge in [-0.15, -0.1) is 15.0 Å². The summed E-state index contributed by atoms with van der Waals surface area (Å²) >= 11 is 18.0. The van der Waals surface area contributed by atoms with Gasteiger partial charge in [0.1, 0.15) is 5.69 Å². The molecule has 2 heterocycles. The standard InChI is InChI=1S/C11H6Cl3N5O2/c1-18-9-7(10(20)15-11(18)21)16-19(17-9)8-5(13)2-4(12)3-6(8)14/h2-3H,1H3,(H,15,20,21). The Kier molecular flexibility index (Phi) is 3.27. The summed E-state index contributed by atoms with van der Waals surface area (Å²) < 4.78 is 1.16. The zero-order valence-corrected chi connectivity index (χ0v) is 12.7. The summed E-state index contributed by atoms with van der Waals surface area (Å²) in [5.41, 5.74) is -0.843. The molecule has 0 bridgehead atoms. The molecule has 0 spiro atoms. The van der Waals surface area contributed by atoms with Crippen LogP contribution in [0.2, 0.25) is 15.1 Å². The number of rotatable bonds is 1. The number of aryl methyl sites for hydroxylation is 1. The second-order valence-corrected chi connectivity index (χ2v) is 5.45. The van der Waals surface area contributed by atoms with Gasteiger partial charge in [0.15, 0.2) is 11.2 Å². The summed E-state index contributed by atoms with van der Waals surface area (Å²) in [5.74, 6) is 0. The van der Waals surface area contributed by atoms with Crippen molar-refractivity contribution in [3.63, 3.8) is 0 Å². The van der Waals surface area contributed by atoms with E-state index in [4.69, 9.17) is 34.8 Å². The van der Waals surface area contributed by atoms with Crippen LogP contribution >= 0.6 is 34.8 Å². The molecule has 21 heavy (non-hydrogen) atoms. The van der Waals surface area contributed by atoms with Crippen molar-refractivity contribution < 1.29 is 0 Å². The van der Waals surface area contributed by atoms with Gasteiger partial charge in [-0.2, -0.15) is 0 Å². The third-order valence-corrected chi connectivity index (χ3v) is 3.63. The summed E-state index contributed by atoms with van der Waals surface area (Å²) in [4.78, 5) is 26.5. The lowest BCUT2D eigenvalue weighted by Crippen LogP contribution is -2.28. The molecule has 0 unspecified atom stereocenters. The smallest absolute Gasteiger partial charge is 0.278 e. The highest BCUT2D eigenvalue weighted by molar-refractivity contribution is 6.40. The topological polar surface area (TPSA) is 85.6 Å². The first-order chi connectivity index (χ1) is 9.88. The van der Waals surface area contributed by atoms with E-state index < -0.39 is 11.2 Å². The van der Waals surface area contributed by atoms with E-state index >= 15 is 0 Å². The Morgan fingerprint density at radius 1 is 1.10 bits per heavy atom. The molecule has 0 aliphatic carbocycles. The quantitative estimate of drug-likeness (QED) is 0.727. The second kappa shape index (κ2) is 4.87. The van der Waals surface area contributed by atoms with Crippen LogP contribution in [0, 0.1) is 0 Å². The molecule has 0 atom stereocenters. The highest BCUT2D eigenvalue weighted by Gasteiger charge is 2.17. The van der Waals surface area contributed by atoms with Crippen molar-refractivity contribution in [3.05, 3.63) is 48.0 Å². The molecule has 3 rings (SSSR count). The molecule has 1 N–H and O–H groups in total. The van der Waals surface area contributed by atoms with Gasteiger partial charge in [0, 0.05) is 12.1 Å². The molecule has 0 saturated heterocycles. The molecule has 0 aliphatic heterocycles. The van der Waals surface area contributed by atoms with E-state index in [1.807, 2.05) is 0 Å². The minimum absolute atomic E-state index is 0.000756. The molecule has 0 amide bonds. The Labute approximate surface area is 131 Å². The monoisotopic (exact) mass is 345 g/mol. The van der Waals surface area contributed by atoms with Crippen LogP contribution in [0.1, 0.15) is 0 Å². The van der Waals surface area contributed by atoms with Crippen molar-refractivity contribution in [3.8, 4) is 5.69 Å². The van der Waals surface area contributed by atoms with E-state index in [1.54, 1.807) is 0 Å². The Morgan fingerprint density at radius 2 is 1.71 bits per heavy atom. The first-order valence-corrected chi connectivity index (χ1v) is 6.73. The van der Waals surface area contributed by atoms with Crippen molar-refractivity contribution in [2.45, 2.75) is 0 Å². The maximum atomic E-state index is 11.7. The zero-order valence-electron chi connectivity index (χ0n) is 10.4. The largest absolute Gasteiger partial charge is 0.329 e. The minimum Gasteiger partial charge on any atom is -0.278 e. The zero-order chi connectivity index (χ0) is 15.3. The third-order valence-electron chi connectivity index (χ3n) is 2.84. The van der Waals surface area contributed by atoms with Crippen LogP contribution in [-0.2, 0) is 7.05 Å². The Balaban J connectivity index is 2.38. The first-order valence-electron chi connectivity index (χ1n) is 5.60. The number of hydrogen-bond donors (Lipinski definition) is 1. The molecular formula is C11H6Cl3N5O2. The van der Waals surface area contributed by atoms with Gasteiger partial charge >= 0.3 is 5.69 Å². The van der Waals surface area contributed by atoms with Crippen LogP contribution in [0.15, 0.2) is 21.7 Å². The summed E-state index contributed by atoms with van der Waals surface area (Å²) in [6.07, 6.45) is 0. The number of fused-ring (bicyclic) bond motifs is 1. The van der Waals surface area contributed by atoms with Crippen LogP contribution in [-0.4, -0.2) is 24.5 Å². The van der Waals surface area contributed by atoms with Gasteiger partial charge in [-0.1, -0.05) is 34.8 Å². The predicted molar refractivity (Wildman–Crippen MR) is 79.8 cm³/mol. The summed E-state index contributed by atoms with van der Waals surface area (Å²) in [7, 11) is 1.46. The average Bonchev–Trinajstić information content (AvgIpc) is 2.80. The van der Waals surface area contributed by atoms with E-state index in [2.05, 4.69) is 15.2 Å². The molecule has 0 aliphatic rings. The molecule has 108 valence electrons. The van der Waals surface area contributed by atoms with E-state index in [9.17, 15) is 9.59 Å². The third kappa shape index (κ3) is 2.23. The molecule has 2 aromatic heterocycles. The number of H-pyrrole nitrogens is 1. The van der Waals surface area contributed by atoms with Crippen LogP contribution in [0.3, 0.4) is 0 Å². The van der Waals surface area contributed by atoms with Gasteiger partial charge in [-0.25, -0.2) is 4.79 Å². The SMILES string of the molecule is Cn1c(=O)[nH]c(=O)c2nn(-c3c(Cl)cc(Cl)cc3Cl)nc21. The highest BCUT2D eigenvalue weighted by atomic mass is 35.5. The fourth-order valence-corrected chi connectivity index (χ4v) is 2.80. The molecule has 0 saturated carbocycles. The number of nitrogens with zero attached hydrogens (tertiary/aromatic N) is 4.